The van der Waals surface area contributed by atoms with Gasteiger partial charge in [0.15, 0.2) is 5.78 Å². The average Bonchev–Trinajstić information content (AvgIpc) is 2.52. The van der Waals surface area contributed by atoms with Gasteiger partial charge in [0.05, 0.1) is 4.92 Å². The molecule has 0 saturated heterocycles. The first-order chi connectivity index (χ1) is 10.2. The third kappa shape index (κ3) is 4.72. The lowest BCUT2D eigenvalue weighted by Gasteiger charge is -2.02. The van der Waals surface area contributed by atoms with E-state index in [9.17, 15) is 14.9 Å². The van der Waals surface area contributed by atoms with Gasteiger partial charge in [-0.3, -0.25) is 14.9 Å². The maximum absolute atomic E-state index is 11.9. The molecule has 0 unspecified atom stereocenters. The Morgan fingerprint density at radius 2 is 1.71 bits per heavy atom. The number of nitrogens with zero attached hydrogens (tertiary/aromatic N) is 1. The van der Waals surface area contributed by atoms with Crippen LogP contribution in [0.2, 0.25) is 0 Å². The minimum absolute atomic E-state index is 0.0959. The SMILES string of the molecule is O=C(CCCSc1ccc([N+](=O)[O-])cc1)c1ccccc1. The van der Waals surface area contributed by atoms with Crippen molar-refractivity contribution in [3.05, 3.63) is 70.3 Å². The number of ketones is 1. The number of hydrogen-bond acceptors (Lipinski definition) is 4. The first-order valence-corrected chi connectivity index (χ1v) is 7.61. The number of hydrogen-bond donors (Lipinski definition) is 0. The van der Waals surface area contributed by atoms with Gasteiger partial charge in [-0.1, -0.05) is 30.3 Å². The van der Waals surface area contributed by atoms with Gasteiger partial charge in [0.2, 0.25) is 0 Å². The molecule has 0 radical (unpaired) electrons. The minimum atomic E-state index is -0.410. The van der Waals surface area contributed by atoms with Crippen LogP contribution in [-0.4, -0.2) is 16.5 Å². The zero-order valence-corrected chi connectivity index (χ0v) is 12.2. The van der Waals surface area contributed by atoms with E-state index >= 15 is 0 Å². The molecule has 0 aliphatic carbocycles. The van der Waals surface area contributed by atoms with Crippen molar-refractivity contribution in [3.8, 4) is 0 Å². The van der Waals surface area contributed by atoms with Crippen LogP contribution in [0.5, 0.6) is 0 Å². The highest BCUT2D eigenvalue weighted by Crippen LogP contribution is 2.22. The van der Waals surface area contributed by atoms with Gasteiger partial charge >= 0.3 is 0 Å². The second kappa shape index (κ2) is 7.59. The number of carbonyl (C=O) groups is 1. The van der Waals surface area contributed by atoms with Crippen LogP contribution in [0.25, 0.3) is 0 Å². The summed E-state index contributed by atoms with van der Waals surface area (Å²) in [5.74, 6) is 0.969. The fourth-order valence-corrected chi connectivity index (χ4v) is 2.71. The van der Waals surface area contributed by atoms with Crippen molar-refractivity contribution < 1.29 is 9.72 Å². The summed E-state index contributed by atoms with van der Waals surface area (Å²) in [6.07, 6.45) is 1.30. The third-order valence-corrected chi connectivity index (χ3v) is 4.06. The van der Waals surface area contributed by atoms with Crippen molar-refractivity contribution >= 4 is 23.2 Å². The van der Waals surface area contributed by atoms with Crippen molar-refractivity contribution in [2.45, 2.75) is 17.7 Å². The zero-order valence-electron chi connectivity index (χ0n) is 11.4. The molecule has 0 heterocycles. The molecule has 2 aromatic carbocycles. The molecule has 0 N–H and O–H groups in total. The Hall–Kier alpha value is -2.14. The average molecular weight is 301 g/mol. The van der Waals surface area contributed by atoms with Crippen molar-refractivity contribution in [1.29, 1.82) is 0 Å². The summed E-state index contributed by atoms with van der Waals surface area (Å²) in [6.45, 7) is 0. The fourth-order valence-electron chi connectivity index (χ4n) is 1.86. The maximum Gasteiger partial charge on any atom is 0.269 e. The fraction of sp³-hybridized carbons (Fsp3) is 0.188. The maximum atomic E-state index is 11.9. The number of thioether (sulfide) groups is 1. The van der Waals surface area contributed by atoms with Crippen LogP contribution in [-0.2, 0) is 0 Å². The monoisotopic (exact) mass is 301 g/mol. The molecule has 108 valence electrons. The molecule has 2 rings (SSSR count). The number of non-ortho nitro benzene ring substituents is 1. The molecule has 21 heavy (non-hydrogen) atoms. The summed E-state index contributed by atoms with van der Waals surface area (Å²) < 4.78 is 0. The van der Waals surface area contributed by atoms with Gasteiger partial charge in [-0.2, -0.15) is 0 Å². The van der Waals surface area contributed by atoms with E-state index in [-0.39, 0.29) is 11.5 Å². The van der Waals surface area contributed by atoms with Gasteiger partial charge in [0, 0.05) is 29.0 Å². The Morgan fingerprint density at radius 3 is 2.33 bits per heavy atom. The van der Waals surface area contributed by atoms with E-state index in [1.807, 2.05) is 30.3 Å². The quantitative estimate of drug-likeness (QED) is 0.251. The summed E-state index contributed by atoms with van der Waals surface area (Å²) in [5.41, 5.74) is 0.844. The molecule has 5 heteroatoms. The second-order valence-corrected chi connectivity index (χ2v) is 5.66. The van der Waals surface area contributed by atoms with Crippen LogP contribution < -0.4 is 0 Å². The van der Waals surface area contributed by atoms with Gasteiger partial charge in [-0.05, 0) is 24.3 Å². The van der Waals surface area contributed by atoms with E-state index in [0.29, 0.717) is 6.42 Å². The number of nitro benzene ring substituents is 1. The summed E-state index contributed by atoms with van der Waals surface area (Å²) >= 11 is 1.60. The number of nitro groups is 1. The molecule has 0 atom stereocenters. The molecule has 0 aliphatic rings. The molecule has 0 aliphatic heterocycles. The lowest BCUT2D eigenvalue weighted by molar-refractivity contribution is -0.384. The minimum Gasteiger partial charge on any atom is -0.294 e. The largest absolute Gasteiger partial charge is 0.294 e. The smallest absolute Gasteiger partial charge is 0.269 e. The highest BCUT2D eigenvalue weighted by molar-refractivity contribution is 7.99. The molecular formula is C16H15NO3S. The van der Waals surface area contributed by atoms with E-state index < -0.39 is 4.92 Å². The first kappa shape index (κ1) is 15.3. The number of Topliss-reactive ketones (excluding diaryl/α,β-unsaturated/α-hetero) is 1. The summed E-state index contributed by atoms with van der Waals surface area (Å²) in [5, 5.41) is 10.5. The second-order valence-electron chi connectivity index (χ2n) is 4.49. The van der Waals surface area contributed by atoms with Crippen LogP contribution >= 0.6 is 11.8 Å². The molecule has 0 aromatic heterocycles. The van der Waals surface area contributed by atoms with Gasteiger partial charge in [-0.15, -0.1) is 11.8 Å². The number of carbonyl (C=O) groups excluding carboxylic acids is 1. The highest BCUT2D eigenvalue weighted by Gasteiger charge is 2.06. The van der Waals surface area contributed by atoms with Gasteiger partial charge < -0.3 is 0 Å². The van der Waals surface area contributed by atoms with E-state index in [1.165, 1.54) is 12.1 Å². The summed E-state index contributed by atoms with van der Waals surface area (Å²) in [7, 11) is 0. The zero-order chi connectivity index (χ0) is 15.1. The third-order valence-electron chi connectivity index (χ3n) is 2.96. The van der Waals surface area contributed by atoms with E-state index in [4.69, 9.17) is 0 Å². The Kier molecular flexibility index (Phi) is 5.51. The summed E-state index contributed by atoms with van der Waals surface area (Å²) in [6, 6.07) is 15.7. The van der Waals surface area contributed by atoms with Crippen LogP contribution in [0.1, 0.15) is 23.2 Å². The molecular weight excluding hydrogens is 286 g/mol. The van der Waals surface area contributed by atoms with Crippen molar-refractivity contribution in [1.82, 2.24) is 0 Å². The lowest BCUT2D eigenvalue weighted by Crippen LogP contribution is -1.99. The Bertz CT molecular complexity index is 611. The van der Waals surface area contributed by atoms with Crippen LogP contribution in [0, 0.1) is 10.1 Å². The predicted molar refractivity (Wildman–Crippen MR) is 83.8 cm³/mol. The van der Waals surface area contributed by atoms with Gasteiger partial charge in [-0.25, -0.2) is 0 Å². The van der Waals surface area contributed by atoms with Crippen LogP contribution in [0.3, 0.4) is 0 Å². The molecule has 0 fully saturated rings. The van der Waals surface area contributed by atoms with E-state index in [2.05, 4.69) is 0 Å². The Balaban J connectivity index is 1.75. The van der Waals surface area contributed by atoms with Gasteiger partial charge in [0.25, 0.3) is 5.69 Å². The highest BCUT2D eigenvalue weighted by atomic mass is 32.2. The normalized spacial score (nSPS) is 10.3. The van der Waals surface area contributed by atoms with Crippen LogP contribution in [0.4, 0.5) is 5.69 Å². The Labute approximate surface area is 127 Å². The number of benzene rings is 2. The van der Waals surface area contributed by atoms with Crippen molar-refractivity contribution in [2.24, 2.45) is 0 Å². The van der Waals surface area contributed by atoms with E-state index in [1.54, 1.807) is 23.9 Å². The summed E-state index contributed by atoms with van der Waals surface area (Å²) in [4.78, 5) is 23.0. The van der Waals surface area contributed by atoms with Crippen molar-refractivity contribution in [3.63, 3.8) is 0 Å². The predicted octanol–water partition coefficient (Wildman–Crippen LogP) is 4.35. The molecule has 0 amide bonds. The van der Waals surface area contributed by atoms with Gasteiger partial charge in [0.1, 0.15) is 0 Å². The molecule has 2 aromatic rings. The standard InChI is InChI=1S/C16H15NO3S/c18-16(13-5-2-1-3-6-13)7-4-12-21-15-10-8-14(9-11-15)17(19)20/h1-3,5-6,8-11H,4,7,12H2. The first-order valence-electron chi connectivity index (χ1n) is 6.62. The topological polar surface area (TPSA) is 60.2 Å². The molecule has 0 spiro atoms. The Morgan fingerprint density at radius 1 is 1.05 bits per heavy atom. The number of rotatable bonds is 7. The lowest BCUT2D eigenvalue weighted by atomic mass is 10.1. The molecule has 0 saturated carbocycles. The van der Waals surface area contributed by atoms with Crippen molar-refractivity contribution in [2.75, 3.05) is 5.75 Å². The van der Waals surface area contributed by atoms with Crippen LogP contribution in [0.15, 0.2) is 59.5 Å². The molecule has 4 nitrogen and oxygen atoms in total. The van der Waals surface area contributed by atoms with E-state index in [0.717, 1.165) is 22.6 Å². The molecule has 0 bridgehead atoms.